The molecule has 6 nitrogen and oxygen atoms in total. The van der Waals surface area contributed by atoms with Crippen molar-refractivity contribution in [2.24, 2.45) is 0 Å². The van der Waals surface area contributed by atoms with Crippen LogP contribution in [0.5, 0.6) is 0 Å². The van der Waals surface area contributed by atoms with Gasteiger partial charge in [-0.05, 0) is 46.7 Å². The number of thioether (sulfide) groups is 1. The Bertz CT molecular complexity index is 854. The Morgan fingerprint density at radius 1 is 1.19 bits per heavy atom. The maximum absolute atomic E-state index is 12.6. The molecule has 0 bridgehead atoms. The van der Waals surface area contributed by atoms with Gasteiger partial charge in [-0.25, -0.2) is 4.68 Å². The van der Waals surface area contributed by atoms with Crippen molar-refractivity contribution in [3.63, 3.8) is 0 Å². The molecule has 3 rings (SSSR count). The van der Waals surface area contributed by atoms with Gasteiger partial charge >= 0.3 is 0 Å². The summed E-state index contributed by atoms with van der Waals surface area (Å²) < 4.78 is 2.69. The molecule has 8 heteroatoms. The Labute approximate surface area is 164 Å². The number of amides is 1. The summed E-state index contributed by atoms with van der Waals surface area (Å²) in [5, 5.41) is 15.2. The Kier molecular flexibility index (Phi) is 6.40. The Hall–Kier alpha value is -2.19. The van der Waals surface area contributed by atoms with Crippen molar-refractivity contribution in [3.8, 4) is 0 Å². The van der Waals surface area contributed by atoms with Crippen LogP contribution in [0.2, 0.25) is 0 Å². The molecular formula is C18H18BrN5OS. The Morgan fingerprint density at radius 3 is 2.62 bits per heavy atom. The van der Waals surface area contributed by atoms with Crippen molar-refractivity contribution < 1.29 is 4.79 Å². The van der Waals surface area contributed by atoms with E-state index in [-0.39, 0.29) is 11.2 Å². The molecule has 0 aliphatic carbocycles. The fourth-order valence-electron chi connectivity index (χ4n) is 2.34. The van der Waals surface area contributed by atoms with E-state index in [9.17, 15) is 4.79 Å². The van der Waals surface area contributed by atoms with Crippen LogP contribution in [0.4, 0.5) is 5.69 Å². The highest BCUT2D eigenvalue weighted by atomic mass is 79.9. The van der Waals surface area contributed by atoms with Crippen molar-refractivity contribution >= 4 is 39.3 Å². The molecule has 1 heterocycles. The zero-order valence-electron chi connectivity index (χ0n) is 14.2. The topological polar surface area (TPSA) is 72.7 Å². The van der Waals surface area contributed by atoms with E-state index in [0.29, 0.717) is 18.1 Å². The summed E-state index contributed by atoms with van der Waals surface area (Å²) in [5.41, 5.74) is 1.87. The van der Waals surface area contributed by atoms with Crippen LogP contribution in [0.15, 0.2) is 64.2 Å². The minimum absolute atomic E-state index is 0.0610. The normalized spacial score (nSPS) is 11.9. The van der Waals surface area contributed by atoms with Crippen molar-refractivity contribution in [2.45, 2.75) is 30.3 Å². The minimum Gasteiger partial charge on any atom is -0.325 e. The molecule has 26 heavy (non-hydrogen) atoms. The second kappa shape index (κ2) is 8.95. The molecule has 0 saturated heterocycles. The molecule has 134 valence electrons. The zero-order valence-corrected chi connectivity index (χ0v) is 16.6. The summed E-state index contributed by atoms with van der Waals surface area (Å²) in [6.07, 6.45) is 0.672. The van der Waals surface area contributed by atoms with E-state index in [4.69, 9.17) is 0 Å². The van der Waals surface area contributed by atoms with Crippen molar-refractivity contribution in [3.05, 3.63) is 64.6 Å². The van der Waals surface area contributed by atoms with Gasteiger partial charge in [0.05, 0.1) is 11.8 Å². The lowest BCUT2D eigenvalue weighted by Crippen LogP contribution is -2.25. The van der Waals surface area contributed by atoms with Crippen LogP contribution in [0.1, 0.15) is 18.9 Å². The number of anilines is 1. The van der Waals surface area contributed by atoms with E-state index in [1.54, 1.807) is 4.68 Å². The molecule has 1 aromatic heterocycles. The number of halogens is 1. The minimum atomic E-state index is -0.279. The highest BCUT2D eigenvalue weighted by Crippen LogP contribution is 2.25. The van der Waals surface area contributed by atoms with Crippen LogP contribution >= 0.6 is 27.7 Å². The summed E-state index contributed by atoms with van der Waals surface area (Å²) in [6.45, 7) is 2.55. The third kappa shape index (κ3) is 4.92. The number of rotatable bonds is 7. The van der Waals surface area contributed by atoms with Crippen molar-refractivity contribution in [1.29, 1.82) is 0 Å². The summed E-state index contributed by atoms with van der Waals surface area (Å²) in [7, 11) is 0. The Balaban J connectivity index is 1.67. The molecule has 0 aliphatic heterocycles. The van der Waals surface area contributed by atoms with Gasteiger partial charge in [-0.1, -0.05) is 64.9 Å². The molecule has 0 fully saturated rings. The molecule has 0 radical (unpaired) electrons. The lowest BCUT2D eigenvalue weighted by Gasteiger charge is -2.14. The molecule has 3 aromatic rings. The standard InChI is InChI=1S/C18H18BrN5OS/c1-2-16(17(25)20-15-10-8-14(19)9-11-15)26-18-21-22-23-24(18)12-13-6-4-3-5-7-13/h3-11,16H,2,12H2,1H3,(H,20,25). The molecule has 1 unspecified atom stereocenters. The number of nitrogens with one attached hydrogen (secondary N) is 1. The third-order valence-electron chi connectivity index (χ3n) is 3.70. The van der Waals surface area contributed by atoms with Crippen LogP contribution in [0.3, 0.4) is 0 Å². The zero-order chi connectivity index (χ0) is 18.4. The fourth-order valence-corrected chi connectivity index (χ4v) is 3.50. The van der Waals surface area contributed by atoms with Crippen LogP contribution in [-0.2, 0) is 11.3 Å². The van der Waals surface area contributed by atoms with Crippen molar-refractivity contribution in [2.75, 3.05) is 5.32 Å². The molecule has 1 amide bonds. The highest BCUT2D eigenvalue weighted by Gasteiger charge is 2.21. The molecule has 0 spiro atoms. The molecular weight excluding hydrogens is 414 g/mol. The second-order valence-corrected chi connectivity index (χ2v) is 7.70. The van der Waals surface area contributed by atoms with Crippen LogP contribution in [-0.4, -0.2) is 31.4 Å². The Morgan fingerprint density at radius 2 is 1.92 bits per heavy atom. The van der Waals surface area contributed by atoms with Gasteiger partial charge in [-0.3, -0.25) is 4.79 Å². The van der Waals surface area contributed by atoms with Gasteiger partial charge in [-0.2, -0.15) is 0 Å². The van der Waals surface area contributed by atoms with Gasteiger partial charge in [0.2, 0.25) is 11.1 Å². The quantitative estimate of drug-likeness (QED) is 0.572. The first-order valence-corrected chi connectivity index (χ1v) is 9.86. The van der Waals surface area contributed by atoms with Crippen molar-refractivity contribution in [1.82, 2.24) is 20.2 Å². The predicted molar refractivity (Wildman–Crippen MR) is 106 cm³/mol. The first-order chi connectivity index (χ1) is 12.7. The maximum Gasteiger partial charge on any atom is 0.237 e. The van der Waals surface area contributed by atoms with Gasteiger partial charge in [-0.15, -0.1) is 5.10 Å². The summed E-state index contributed by atoms with van der Waals surface area (Å²) in [5.74, 6) is -0.0610. The smallest absolute Gasteiger partial charge is 0.237 e. The summed E-state index contributed by atoms with van der Waals surface area (Å²) in [4.78, 5) is 12.6. The molecule has 1 atom stereocenters. The van der Waals surface area contributed by atoms with Gasteiger partial charge in [0, 0.05) is 10.2 Å². The number of tetrazole rings is 1. The lowest BCUT2D eigenvalue weighted by atomic mass is 10.2. The molecule has 1 N–H and O–H groups in total. The van der Waals surface area contributed by atoms with Gasteiger partial charge in [0.25, 0.3) is 0 Å². The average Bonchev–Trinajstić information content (AvgIpc) is 3.09. The number of carbonyl (C=O) groups is 1. The summed E-state index contributed by atoms with van der Waals surface area (Å²) in [6, 6.07) is 17.5. The lowest BCUT2D eigenvalue weighted by molar-refractivity contribution is -0.115. The third-order valence-corrected chi connectivity index (χ3v) is 5.56. The van der Waals surface area contributed by atoms with Crippen LogP contribution < -0.4 is 5.32 Å². The van der Waals surface area contributed by atoms with E-state index >= 15 is 0 Å². The van der Waals surface area contributed by atoms with Crippen LogP contribution in [0, 0.1) is 0 Å². The van der Waals surface area contributed by atoms with Gasteiger partial charge < -0.3 is 5.32 Å². The number of hydrogen-bond acceptors (Lipinski definition) is 5. The van der Waals surface area contributed by atoms with E-state index in [1.165, 1.54) is 11.8 Å². The number of nitrogens with zero attached hydrogens (tertiary/aromatic N) is 4. The number of hydrogen-bond donors (Lipinski definition) is 1. The number of benzene rings is 2. The first-order valence-electron chi connectivity index (χ1n) is 8.19. The summed E-state index contributed by atoms with van der Waals surface area (Å²) >= 11 is 4.76. The highest BCUT2D eigenvalue weighted by molar-refractivity contribution is 9.10. The number of aromatic nitrogens is 4. The van der Waals surface area contributed by atoms with Gasteiger partial charge in [0.1, 0.15) is 0 Å². The average molecular weight is 432 g/mol. The molecule has 0 aliphatic rings. The van der Waals surface area contributed by atoms with E-state index in [0.717, 1.165) is 15.7 Å². The largest absolute Gasteiger partial charge is 0.325 e. The fraction of sp³-hybridized carbons (Fsp3) is 0.222. The monoisotopic (exact) mass is 431 g/mol. The maximum atomic E-state index is 12.6. The SMILES string of the molecule is CCC(Sc1nnnn1Cc1ccccc1)C(=O)Nc1ccc(Br)cc1. The number of carbonyl (C=O) groups excluding carboxylic acids is 1. The van der Waals surface area contributed by atoms with E-state index in [1.807, 2.05) is 61.5 Å². The van der Waals surface area contributed by atoms with Crippen LogP contribution in [0.25, 0.3) is 0 Å². The predicted octanol–water partition coefficient (Wildman–Crippen LogP) is 3.99. The molecule has 0 saturated carbocycles. The van der Waals surface area contributed by atoms with Gasteiger partial charge in [0.15, 0.2) is 0 Å². The van der Waals surface area contributed by atoms with E-state index < -0.39 is 0 Å². The van der Waals surface area contributed by atoms with E-state index in [2.05, 4.69) is 36.8 Å². The molecule has 2 aromatic carbocycles. The first kappa shape index (κ1) is 18.6. The second-order valence-electron chi connectivity index (χ2n) is 5.62.